The Hall–Kier alpha value is -3.17. The summed E-state index contributed by atoms with van der Waals surface area (Å²) in [6, 6.07) is 20.8. The highest BCUT2D eigenvalue weighted by Gasteiger charge is 2.36. The van der Waals surface area contributed by atoms with Crippen LogP contribution in [-0.2, 0) is 16.1 Å². The van der Waals surface area contributed by atoms with Gasteiger partial charge in [0.1, 0.15) is 29.9 Å². The summed E-state index contributed by atoms with van der Waals surface area (Å²) in [4.78, 5) is 14.1. The van der Waals surface area contributed by atoms with Gasteiger partial charge in [-0.2, -0.15) is 4.91 Å². The summed E-state index contributed by atoms with van der Waals surface area (Å²) in [6.07, 6.45) is 0.737. The van der Waals surface area contributed by atoms with Crippen LogP contribution in [0.5, 0.6) is 17.2 Å². The third-order valence-corrected chi connectivity index (χ3v) is 7.40. The lowest BCUT2D eigenvalue weighted by molar-refractivity contribution is 0.00539. The van der Waals surface area contributed by atoms with Crippen LogP contribution in [0.4, 0.5) is 5.69 Å². The molecule has 2 aliphatic heterocycles. The molecule has 9 heteroatoms. The van der Waals surface area contributed by atoms with Crippen molar-refractivity contribution in [3.63, 3.8) is 0 Å². The summed E-state index contributed by atoms with van der Waals surface area (Å²) in [5.74, 6) is 2.08. The number of halogens is 1. The van der Waals surface area contributed by atoms with E-state index in [1.165, 1.54) is 0 Å². The van der Waals surface area contributed by atoms with Crippen LogP contribution in [0.25, 0.3) is 0 Å². The molecule has 8 nitrogen and oxygen atoms in total. The summed E-state index contributed by atoms with van der Waals surface area (Å²) >= 11 is 6.07. The van der Waals surface area contributed by atoms with Crippen molar-refractivity contribution in [1.29, 1.82) is 0 Å². The first-order chi connectivity index (χ1) is 19.1. The van der Waals surface area contributed by atoms with E-state index in [-0.39, 0.29) is 12.0 Å². The molecule has 2 heterocycles. The van der Waals surface area contributed by atoms with Crippen LogP contribution in [0.15, 0.2) is 71.9 Å². The molecule has 206 valence electrons. The fourth-order valence-electron chi connectivity index (χ4n) is 5.25. The molecule has 1 fully saturated rings. The number of anilines is 1. The maximum atomic E-state index is 11.8. The number of nitroso groups, excluding NO2 is 1. The monoisotopic (exact) mass is 551 g/mol. The van der Waals surface area contributed by atoms with Crippen LogP contribution in [0, 0.1) is 4.91 Å². The molecule has 5 rings (SSSR count). The van der Waals surface area contributed by atoms with E-state index >= 15 is 0 Å². The Morgan fingerprint density at radius 2 is 1.95 bits per heavy atom. The highest BCUT2D eigenvalue weighted by molar-refractivity contribution is 6.30. The van der Waals surface area contributed by atoms with E-state index in [0.29, 0.717) is 42.8 Å². The minimum atomic E-state index is -0.434. The topological polar surface area (TPSA) is 81.6 Å². The van der Waals surface area contributed by atoms with Gasteiger partial charge >= 0.3 is 0 Å². The first-order valence-electron chi connectivity index (χ1n) is 13.3. The van der Waals surface area contributed by atoms with E-state index in [2.05, 4.69) is 21.5 Å². The maximum absolute atomic E-state index is 11.8. The average molecular weight is 552 g/mol. The number of benzene rings is 3. The lowest BCUT2D eigenvalue weighted by atomic mass is 9.84. The van der Waals surface area contributed by atoms with Crippen molar-refractivity contribution in [3.8, 4) is 17.2 Å². The van der Waals surface area contributed by atoms with Crippen molar-refractivity contribution in [2.75, 3.05) is 51.4 Å². The highest BCUT2D eigenvalue weighted by Crippen LogP contribution is 2.35. The standard InChI is InChI=1S/C30H34ClN3O5/c1-36-14-3-12-34-13-15-37-28-11-6-21(16-27(28)34)20-38-29-19-32-18-26(33-35)30(29)22-7-9-24(10-8-22)39-25-5-2-4-23(31)17-25/h2,4-11,16-17,26,29-30,32H,3,12-15,18-20H2,1H3/t26-,29+,30+/m1/s1. The van der Waals surface area contributed by atoms with Gasteiger partial charge in [0.15, 0.2) is 0 Å². The Bertz CT molecular complexity index is 1240. The molecule has 3 atom stereocenters. The number of ether oxygens (including phenoxy) is 4. The summed E-state index contributed by atoms with van der Waals surface area (Å²) in [5.41, 5.74) is 3.13. The van der Waals surface area contributed by atoms with Gasteiger partial charge in [0.05, 0.1) is 24.9 Å². The van der Waals surface area contributed by atoms with Crippen molar-refractivity contribution >= 4 is 17.3 Å². The Morgan fingerprint density at radius 1 is 1.08 bits per heavy atom. The molecule has 0 aromatic heterocycles. The van der Waals surface area contributed by atoms with Gasteiger partial charge in [0, 0.05) is 44.3 Å². The Kier molecular flexibility index (Phi) is 9.32. The fraction of sp³-hybridized carbons (Fsp3) is 0.400. The molecule has 0 radical (unpaired) electrons. The molecular formula is C30H34ClN3O5. The molecule has 0 amide bonds. The zero-order valence-electron chi connectivity index (χ0n) is 22.1. The maximum Gasteiger partial charge on any atom is 0.142 e. The van der Waals surface area contributed by atoms with Gasteiger partial charge in [-0.3, -0.25) is 0 Å². The summed E-state index contributed by atoms with van der Waals surface area (Å²) in [5, 5.41) is 7.37. The van der Waals surface area contributed by atoms with Crippen molar-refractivity contribution in [3.05, 3.63) is 87.8 Å². The molecule has 2 aliphatic rings. The molecule has 1 N–H and O–H groups in total. The minimum Gasteiger partial charge on any atom is -0.490 e. The molecule has 0 bridgehead atoms. The molecule has 0 spiro atoms. The SMILES string of the molecule is COCCCN1CCOc2ccc(CO[C@H]3CNC[C@@H](N=O)[C@@H]3c3ccc(Oc4cccc(Cl)c4)cc3)cc21. The zero-order chi connectivity index (χ0) is 27.0. The van der Waals surface area contributed by atoms with Gasteiger partial charge in [-0.15, -0.1) is 0 Å². The lowest BCUT2D eigenvalue weighted by Gasteiger charge is -2.36. The summed E-state index contributed by atoms with van der Waals surface area (Å²) < 4.78 is 23.5. The Morgan fingerprint density at radius 3 is 2.74 bits per heavy atom. The zero-order valence-corrected chi connectivity index (χ0v) is 22.8. The minimum absolute atomic E-state index is 0.171. The fourth-order valence-corrected chi connectivity index (χ4v) is 5.43. The highest BCUT2D eigenvalue weighted by atomic mass is 35.5. The molecule has 3 aromatic rings. The Balaban J connectivity index is 1.28. The predicted molar refractivity (Wildman–Crippen MR) is 152 cm³/mol. The van der Waals surface area contributed by atoms with Gasteiger partial charge in [-0.25, -0.2) is 0 Å². The van der Waals surface area contributed by atoms with Crippen LogP contribution in [0.2, 0.25) is 5.02 Å². The van der Waals surface area contributed by atoms with Crippen LogP contribution in [0.3, 0.4) is 0 Å². The molecule has 0 aliphatic carbocycles. The van der Waals surface area contributed by atoms with Crippen molar-refractivity contribution in [2.45, 2.75) is 31.1 Å². The predicted octanol–water partition coefficient (Wildman–Crippen LogP) is 5.77. The van der Waals surface area contributed by atoms with Crippen LogP contribution in [0.1, 0.15) is 23.5 Å². The molecule has 0 unspecified atom stereocenters. The summed E-state index contributed by atoms with van der Waals surface area (Å²) in [7, 11) is 1.73. The first kappa shape index (κ1) is 27.4. The Labute approximate surface area is 234 Å². The average Bonchev–Trinajstić information content (AvgIpc) is 2.96. The van der Waals surface area contributed by atoms with Crippen LogP contribution in [-0.4, -0.2) is 58.6 Å². The molecular weight excluding hydrogens is 518 g/mol. The van der Waals surface area contributed by atoms with Crippen molar-refractivity contribution < 1.29 is 18.9 Å². The smallest absolute Gasteiger partial charge is 0.142 e. The molecule has 39 heavy (non-hydrogen) atoms. The normalized spacial score (nSPS) is 20.7. The van der Waals surface area contributed by atoms with Crippen molar-refractivity contribution in [1.82, 2.24) is 5.32 Å². The van der Waals surface area contributed by atoms with Crippen LogP contribution >= 0.6 is 11.6 Å². The number of fused-ring (bicyclic) bond motifs is 1. The number of hydrogen-bond acceptors (Lipinski definition) is 8. The van der Waals surface area contributed by atoms with Gasteiger partial charge < -0.3 is 29.2 Å². The molecule has 0 saturated carbocycles. The quantitative estimate of drug-likeness (QED) is 0.239. The number of rotatable bonds is 11. The van der Waals surface area contributed by atoms with Crippen LogP contribution < -0.4 is 19.7 Å². The number of piperidine rings is 1. The molecule has 3 aromatic carbocycles. The number of nitrogens with one attached hydrogen (secondary N) is 1. The summed E-state index contributed by atoms with van der Waals surface area (Å²) in [6.45, 7) is 4.73. The second-order valence-corrected chi connectivity index (χ2v) is 10.3. The van der Waals surface area contributed by atoms with Crippen molar-refractivity contribution in [2.24, 2.45) is 5.18 Å². The van der Waals surface area contributed by atoms with Gasteiger partial charge in [-0.05, 0) is 60.0 Å². The van der Waals surface area contributed by atoms with E-state index in [4.69, 9.17) is 30.5 Å². The van der Waals surface area contributed by atoms with E-state index < -0.39 is 6.04 Å². The van der Waals surface area contributed by atoms with E-state index in [1.54, 1.807) is 19.2 Å². The number of nitrogens with zero attached hydrogens (tertiary/aromatic N) is 2. The van der Waals surface area contributed by atoms with E-state index in [9.17, 15) is 4.91 Å². The second-order valence-electron chi connectivity index (χ2n) is 9.82. The lowest BCUT2D eigenvalue weighted by Crippen LogP contribution is -2.48. The molecule has 1 saturated heterocycles. The van der Waals surface area contributed by atoms with Gasteiger partial charge in [0.25, 0.3) is 0 Å². The van der Waals surface area contributed by atoms with Gasteiger partial charge in [0.2, 0.25) is 0 Å². The van der Waals surface area contributed by atoms with Gasteiger partial charge in [-0.1, -0.05) is 41.0 Å². The van der Waals surface area contributed by atoms with E-state index in [0.717, 1.165) is 48.7 Å². The largest absolute Gasteiger partial charge is 0.490 e. The third kappa shape index (κ3) is 6.89. The number of hydrogen-bond donors (Lipinski definition) is 1. The second kappa shape index (κ2) is 13.3. The first-order valence-corrected chi connectivity index (χ1v) is 13.7. The number of methoxy groups -OCH3 is 1. The third-order valence-electron chi connectivity index (χ3n) is 7.17. The van der Waals surface area contributed by atoms with E-state index in [1.807, 2.05) is 48.5 Å².